The fraction of sp³-hybridized carbons (Fsp3) is 0.143. The van der Waals surface area contributed by atoms with Crippen LogP contribution < -0.4 is 14.8 Å². The van der Waals surface area contributed by atoms with Crippen molar-refractivity contribution in [2.45, 2.75) is 20.5 Å². The van der Waals surface area contributed by atoms with Gasteiger partial charge in [0.2, 0.25) is 0 Å². The maximum absolute atomic E-state index is 11.8. The molecule has 2 aliphatic rings. The molecule has 5 nitrogen and oxygen atoms in total. The molecule has 1 aromatic heterocycles. The Morgan fingerprint density at radius 1 is 0.758 bits per heavy atom. The van der Waals surface area contributed by atoms with Gasteiger partial charge >= 0.3 is 0 Å². The van der Waals surface area contributed by atoms with Gasteiger partial charge in [0.1, 0.15) is 18.1 Å². The number of rotatable bonds is 2. The minimum absolute atomic E-state index is 0.0388. The van der Waals surface area contributed by atoms with E-state index in [-0.39, 0.29) is 12.5 Å². The zero-order valence-electron chi connectivity index (χ0n) is 18.4. The van der Waals surface area contributed by atoms with Crippen LogP contribution in [0.4, 0.5) is 5.69 Å². The zero-order chi connectivity index (χ0) is 22.5. The smallest absolute Gasteiger partial charge is 0.262 e. The number of hydrogen-bond donors (Lipinski definition) is 1. The van der Waals surface area contributed by atoms with Crippen LogP contribution in [0.15, 0.2) is 66.7 Å². The Kier molecular flexibility index (Phi) is 4.44. The van der Waals surface area contributed by atoms with Gasteiger partial charge in [-0.25, -0.2) is 4.98 Å². The van der Waals surface area contributed by atoms with E-state index in [0.29, 0.717) is 18.0 Å². The summed E-state index contributed by atoms with van der Waals surface area (Å²) in [6.07, 6.45) is 0. The molecule has 3 heterocycles. The maximum Gasteiger partial charge on any atom is 0.262 e. The summed E-state index contributed by atoms with van der Waals surface area (Å²) < 4.78 is 11.7. The second kappa shape index (κ2) is 7.48. The molecule has 1 amide bonds. The molecule has 0 aliphatic carbocycles. The van der Waals surface area contributed by atoms with E-state index in [1.54, 1.807) is 0 Å². The van der Waals surface area contributed by atoms with Gasteiger partial charge in [0, 0.05) is 16.7 Å². The van der Waals surface area contributed by atoms with Gasteiger partial charge in [0.15, 0.2) is 6.61 Å². The van der Waals surface area contributed by atoms with E-state index < -0.39 is 0 Å². The Morgan fingerprint density at radius 2 is 1.48 bits per heavy atom. The number of hydrogen-bond acceptors (Lipinski definition) is 4. The molecular formula is C28H22N2O3. The van der Waals surface area contributed by atoms with Crippen molar-refractivity contribution in [3.8, 4) is 45.1 Å². The number of nitrogens with one attached hydrogen (secondary N) is 1. The molecule has 0 saturated heterocycles. The number of pyridine rings is 1. The Morgan fingerprint density at radius 3 is 2.33 bits per heavy atom. The summed E-state index contributed by atoms with van der Waals surface area (Å²) in [4.78, 5) is 16.9. The topological polar surface area (TPSA) is 60.5 Å². The van der Waals surface area contributed by atoms with Gasteiger partial charge in [0.25, 0.3) is 5.91 Å². The van der Waals surface area contributed by atoms with Crippen LogP contribution in [0.2, 0.25) is 0 Å². The molecular weight excluding hydrogens is 412 g/mol. The lowest BCUT2D eigenvalue weighted by Crippen LogP contribution is -2.25. The molecule has 1 N–H and O–H groups in total. The Balaban J connectivity index is 1.58. The van der Waals surface area contributed by atoms with Crippen LogP contribution in [-0.4, -0.2) is 17.5 Å². The summed E-state index contributed by atoms with van der Waals surface area (Å²) in [7, 11) is 0. The first kappa shape index (κ1) is 19.6. The van der Waals surface area contributed by atoms with Crippen molar-refractivity contribution in [1.29, 1.82) is 0 Å². The second-order valence-corrected chi connectivity index (χ2v) is 8.58. The molecule has 0 spiro atoms. The highest BCUT2D eigenvalue weighted by atomic mass is 16.5. The first-order valence-electron chi connectivity index (χ1n) is 11.0. The van der Waals surface area contributed by atoms with E-state index in [4.69, 9.17) is 14.5 Å². The van der Waals surface area contributed by atoms with Crippen LogP contribution in [0, 0.1) is 13.8 Å². The summed E-state index contributed by atoms with van der Waals surface area (Å²) >= 11 is 0. The van der Waals surface area contributed by atoms with Crippen molar-refractivity contribution in [1.82, 2.24) is 4.98 Å². The first-order valence-corrected chi connectivity index (χ1v) is 11.0. The molecule has 162 valence electrons. The minimum Gasteiger partial charge on any atom is -0.488 e. The third-order valence-corrected chi connectivity index (χ3v) is 6.16. The highest BCUT2D eigenvalue weighted by Crippen LogP contribution is 2.43. The predicted octanol–water partition coefficient (Wildman–Crippen LogP) is 5.92. The SMILES string of the molecule is Cc1ccc(-c2cc(-c3ccc4c(c3)NC(=O)CO4)nc3c2COc2ccc(C)cc2-3)cc1. The van der Waals surface area contributed by atoms with Gasteiger partial charge in [-0.15, -0.1) is 0 Å². The van der Waals surface area contributed by atoms with Crippen LogP contribution in [0.1, 0.15) is 16.7 Å². The number of anilines is 1. The number of amides is 1. The molecule has 2 aliphatic heterocycles. The molecule has 6 rings (SSSR count). The summed E-state index contributed by atoms with van der Waals surface area (Å²) in [6, 6.07) is 22.6. The zero-order valence-corrected chi connectivity index (χ0v) is 18.4. The normalized spacial score (nSPS) is 13.7. The average Bonchev–Trinajstić information content (AvgIpc) is 2.83. The van der Waals surface area contributed by atoms with Crippen LogP contribution >= 0.6 is 0 Å². The Hall–Kier alpha value is -4.12. The first-order chi connectivity index (χ1) is 16.0. The highest BCUT2D eigenvalue weighted by molar-refractivity contribution is 5.96. The number of carbonyl (C=O) groups is 1. The lowest BCUT2D eigenvalue weighted by Gasteiger charge is -2.24. The van der Waals surface area contributed by atoms with Crippen LogP contribution in [0.25, 0.3) is 33.6 Å². The molecule has 33 heavy (non-hydrogen) atoms. The molecule has 0 saturated carbocycles. The van der Waals surface area contributed by atoms with E-state index in [0.717, 1.165) is 50.5 Å². The van der Waals surface area contributed by atoms with E-state index >= 15 is 0 Å². The highest BCUT2D eigenvalue weighted by Gasteiger charge is 2.24. The summed E-state index contributed by atoms with van der Waals surface area (Å²) in [5, 5.41) is 2.90. The number of benzene rings is 3. The number of fused-ring (bicyclic) bond motifs is 4. The van der Waals surface area contributed by atoms with Crippen LogP contribution in [0.3, 0.4) is 0 Å². The third kappa shape index (κ3) is 3.42. The van der Waals surface area contributed by atoms with E-state index in [2.05, 4.69) is 61.6 Å². The average molecular weight is 434 g/mol. The molecule has 0 unspecified atom stereocenters. The quantitative estimate of drug-likeness (QED) is 0.425. The monoisotopic (exact) mass is 434 g/mol. The Labute approximate surface area is 192 Å². The van der Waals surface area contributed by atoms with E-state index in [1.807, 2.05) is 24.3 Å². The largest absolute Gasteiger partial charge is 0.488 e. The fourth-order valence-corrected chi connectivity index (χ4v) is 4.43. The van der Waals surface area contributed by atoms with Crippen molar-refractivity contribution < 1.29 is 14.3 Å². The van der Waals surface area contributed by atoms with Crippen molar-refractivity contribution in [2.75, 3.05) is 11.9 Å². The van der Waals surface area contributed by atoms with Crippen molar-refractivity contribution in [2.24, 2.45) is 0 Å². The van der Waals surface area contributed by atoms with Gasteiger partial charge in [0.05, 0.1) is 17.1 Å². The summed E-state index contributed by atoms with van der Waals surface area (Å²) in [5.41, 5.74) is 10.0. The van der Waals surface area contributed by atoms with Crippen LogP contribution in [-0.2, 0) is 11.4 Å². The molecule has 4 aromatic rings. The van der Waals surface area contributed by atoms with Gasteiger partial charge in [-0.05, 0) is 61.4 Å². The lowest BCUT2D eigenvalue weighted by molar-refractivity contribution is -0.118. The van der Waals surface area contributed by atoms with Gasteiger partial charge < -0.3 is 14.8 Å². The minimum atomic E-state index is -0.153. The third-order valence-electron chi connectivity index (χ3n) is 6.16. The number of ether oxygens (including phenoxy) is 2. The molecule has 0 radical (unpaired) electrons. The fourth-order valence-electron chi connectivity index (χ4n) is 4.43. The number of carbonyl (C=O) groups excluding carboxylic acids is 1. The summed E-state index contributed by atoms with van der Waals surface area (Å²) in [5.74, 6) is 1.36. The summed E-state index contributed by atoms with van der Waals surface area (Å²) in [6.45, 7) is 4.67. The number of nitrogens with zero attached hydrogens (tertiary/aromatic N) is 1. The van der Waals surface area contributed by atoms with Crippen molar-refractivity contribution in [3.05, 3.63) is 83.4 Å². The van der Waals surface area contributed by atoms with E-state index in [9.17, 15) is 4.79 Å². The van der Waals surface area contributed by atoms with Crippen molar-refractivity contribution >= 4 is 11.6 Å². The Bertz CT molecular complexity index is 1420. The predicted molar refractivity (Wildman–Crippen MR) is 128 cm³/mol. The molecule has 0 atom stereocenters. The van der Waals surface area contributed by atoms with E-state index in [1.165, 1.54) is 5.56 Å². The molecule has 3 aromatic carbocycles. The van der Waals surface area contributed by atoms with Crippen molar-refractivity contribution in [3.63, 3.8) is 0 Å². The van der Waals surface area contributed by atoms with Gasteiger partial charge in [-0.2, -0.15) is 0 Å². The maximum atomic E-state index is 11.8. The van der Waals surface area contributed by atoms with Crippen LogP contribution in [0.5, 0.6) is 11.5 Å². The molecule has 5 heteroatoms. The lowest BCUT2D eigenvalue weighted by atomic mass is 9.91. The van der Waals surface area contributed by atoms with Gasteiger partial charge in [-0.1, -0.05) is 41.5 Å². The number of aryl methyl sites for hydroxylation is 2. The van der Waals surface area contributed by atoms with Gasteiger partial charge in [-0.3, -0.25) is 4.79 Å². The molecule has 0 bridgehead atoms. The molecule has 0 fully saturated rings. The standard InChI is InChI=1S/C28H22N2O3/c1-16-3-6-18(7-4-16)20-13-23(19-8-10-26-24(12-19)29-27(31)15-33-26)30-28-21-11-17(2)5-9-25(21)32-14-22(20)28/h3-13H,14-15H2,1-2H3,(H,29,31). The second-order valence-electron chi connectivity index (χ2n) is 8.58. The number of aromatic nitrogens is 1.